The van der Waals surface area contributed by atoms with E-state index in [9.17, 15) is 18.0 Å². The average Bonchev–Trinajstić information content (AvgIpc) is 2.13. The lowest BCUT2D eigenvalue weighted by Crippen LogP contribution is -2.43. The highest BCUT2D eigenvalue weighted by molar-refractivity contribution is 6.31. The lowest BCUT2D eigenvalue weighted by molar-refractivity contribution is -0.122. The van der Waals surface area contributed by atoms with Crippen LogP contribution in [0.15, 0.2) is 12.3 Å². The van der Waals surface area contributed by atoms with E-state index >= 15 is 0 Å². The Bertz CT molecular complexity index is 463. The fourth-order valence-electron chi connectivity index (χ4n) is 1.56. The number of halogens is 4. The Morgan fingerprint density at radius 3 is 2.88 bits per heavy atom. The van der Waals surface area contributed by atoms with Crippen molar-refractivity contribution in [2.24, 2.45) is 0 Å². The Labute approximate surface area is 99.4 Å². The van der Waals surface area contributed by atoms with Crippen molar-refractivity contribution in [3.8, 4) is 0 Å². The van der Waals surface area contributed by atoms with Crippen molar-refractivity contribution in [3.05, 3.63) is 17.3 Å². The van der Waals surface area contributed by atoms with Gasteiger partial charge in [0.1, 0.15) is 6.54 Å². The van der Waals surface area contributed by atoms with Gasteiger partial charge in [-0.25, -0.2) is 4.98 Å². The molecule has 17 heavy (non-hydrogen) atoms. The molecule has 2 heterocycles. The predicted octanol–water partition coefficient (Wildman–Crippen LogP) is 2.06. The molecule has 1 aliphatic rings. The molecule has 8 heteroatoms. The van der Waals surface area contributed by atoms with Crippen LogP contribution in [0.25, 0.3) is 0 Å². The van der Waals surface area contributed by atoms with Gasteiger partial charge in [0.15, 0.2) is 5.82 Å². The number of carbonyl (C=O) groups excluding carboxylic acids is 1. The van der Waals surface area contributed by atoms with Crippen LogP contribution in [-0.4, -0.2) is 30.2 Å². The molecular formula is C9H7ClF3N3O. The van der Waals surface area contributed by atoms with E-state index in [0.717, 1.165) is 4.90 Å². The lowest BCUT2D eigenvalue weighted by Gasteiger charge is -2.30. The molecule has 0 bridgehead atoms. The van der Waals surface area contributed by atoms with Gasteiger partial charge in [0, 0.05) is 6.20 Å². The number of hydrogen-bond donors (Lipinski definition) is 1. The first-order chi connectivity index (χ1) is 7.85. The van der Waals surface area contributed by atoms with Gasteiger partial charge in [-0.15, -0.1) is 0 Å². The number of nitrogens with zero attached hydrogens (tertiary/aromatic N) is 2. The van der Waals surface area contributed by atoms with Crippen LogP contribution in [0, 0.1) is 0 Å². The standard InChI is InChI=1S/C9H7ClF3N3O/c10-5-1-6-8(14-2-5)16(3-7(17)15-6)4-9(11,12)13/h1-2H,3-4H2,(H,15,17). The van der Waals surface area contributed by atoms with Gasteiger partial charge in [0.25, 0.3) is 0 Å². The van der Waals surface area contributed by atoms with Crippen LogP contribution >= 0.6 is 11.6 Å². The van der Waals surface area contributed by atoms with Gasteiger partial charge in [-0.2, -0.15) is 13.2 Å². The molecule has 0 unspecified atom stereocenters. The number of carbonyl (C=O) groups is 1. The van der Waals surface area contributed by atoms with E-state index in [-0.39, 0.29) is 23.1 Å². The molecule has 0 radical (unpaired) electrons. The first-order valence-electron chi connectivity index (χ1n) is 4.62. The molecule has 0 fully saturated rings. The lowest BCUT2D eigenvalue weighted by atomic mass is 10.2. The van der Waals surface area contributed by atoms with Crippen molar-refractivity contribution in [3.63, 3.8) is 0 Å². The monoisotopic (exact) mass is 265 g/mol. The maximum absolute atomic E-state index is 12.3. The highest BCUT2D eigenvalue weighted by atomic mass is 35.5. The Kier molecular flexibility index (Phi) is 2.86. The van der Waals surface area contributed by atoms with Crippen LogP contribution in [-0.2, 0) is 4.79 Å². The van der Waals surface area contributed by atoms with Crippen LogP contribution < -0.4 is 10.2 Å². The van der Waals surface area contributed by atoms with Crippen molar-refractivity contribution in [2.45, 2.75) is 6.18 Å². The van der Waals surface area contributed by atoms with Gasteiger partial charge in [0.05, 0.1) is 17.3 Å². The highest BCUT2D eigenvalue weighted by Gasteiger charge is 2.35. The molecule has 0 aliphatic carbocycles. The van der Waals surface area contributed by atoms with E-state index in [1.54, 1.807) is 0 Å². The summed E-state index contributed by atoms with van der Waals surface area (Å²) in [5, 5.41) is 2.67. The van der Waals surface area contributed by atoms with Crippen molar-refractivity contribution >= 4 is 29.0 Å². The normalized spacial score (nSPS) is 15.5. The molecule has 92 valence electrons. The summed E-state index contributed by atoms with van der Waals surface area (Å²) in [4.78, 5) is 15.9. The Morgan fingerprint density at radius 1 is 1.53 bits per heavy atom. The number of amides is 1. The summed E-state index contributed by atoms with van der Waals surface area (Å²) in [6, 6.07) is 1.37. The number of hydrogen-bond acceptors (Lipinski definition) is 3. The van der Waals surface area contributed by atoms with Crippen molar-refractivity contribution in [1.82, 2.24) is 4.98 Å². The maximum Gasteiger partial charge on any atom is 0.405 e. The predicted molar refractivity (Wildman–Crippen MR) is 56.1 cm³/mol. The van der Waals surface area contributed by atoms with E-state index in [1.165, 1.54) is 12.3 Å². The van der Waals surface area contributed by atoms with Gasteiger partial charge in [-0.1, -0.05) is 11.6 Å². The summed E-state index contributed by atoms with van der Waals surface area (Å²) in [5.41, 5.74) is 0.193. The van der Waals surface area contributed by atoms with Crippen molar-refractivity contribution in [2.75, 3.05) is 23.3 Å². The van der Waals surface area contributed by atoms with Crippen LogP contribution in [0.4, 0.5) is 24.7 Å². The van der Waals surface area contributed by atoms with E-state index in [2.05, 4.69) is 10.3 Å². The zero-order chi connectivity index (χ0) is 12.6. The molecule has 0 saturated heterocycles. The SMILES string of the molecule is O=C1CN(CC(F)(F)F)c2ncc(Cl)cc2N1. The first-order valence-corrected chi connectivity index (χ1v) is 5.00. The third kappa shape index (κ3) is 2.79. The zero-order valence-electron chi connectivity index (χ0n) is 8.38. The molecule has 0 saturated carbocycles. The number of fused-ring (bicyclic) bond motifs is 1. The largest absolute Gasteiger partial charge is 0.405 e. The number of rotatable bonds is 1. The smallest absolute Gasteiger partial charge is 0.336 e. The van der Waals surface area contributed by atoms with Crippen LogP contribution in [0.2, 0.25) is 5.02 Å². The van der Waals surface area contributed by atoms with Gasteiger partial charge in [0.2, 0.25) is 5.91 Å². The highest BCUT2D eigenvalue weighted by Crippen LogP contribution is 2.31. The second-order valence-corrected chi connectivity index (χ2v) is 3.98. The fraction of sp³-hybridized carbons (Fsp3) is 0.333. The molecule has 1 aromatic heterocycles. The van der Waals surface area contributed by atoms with Crippen molar-refractivity contribution in [1.29, 1.82) is 0 Å². The van der Waals surface area contributed by atoms with E-state index < -0.39 is 18.6 Å². The minimum Gasteiger partial charge on any atom is -0.336 e. The van der Waals surface area contributed by atoms with E-state index in [1.807, 2.05) is 0 Å². The number of anilines is 2. The van der Waals surface area contributed by atoms with Crippen molar-refractivity contribution < 1.29 is 18.0 Å². The first kappa shape index (κ1) is 12.0. The average molecular weight is 266 g/mol. The summed E-state index contributed by atoms with van der Waals surface area (Å²) < 4.78 is 36.9. The zero-order valence-corrected chi connectivity index (χ0v) is 9.14. The van der Waals surface area contributed by atoms with Gasteiger partial charge < -0.3 is 10.2 Å². The van der Waals surface area contributed by atoms with Gasteiger partial charge in [-0.05, 0) is 6.07 Å². The number of alkyl halides is 3. The van der Waals surface area contributed by atoms with Gasteiger partial charge in [-0.3, -0.25) is 4.79 Å². The van der Waals surface area contributed by atoms with Crippen LogP contribution in [0.5, 0.6) is 0 Å². The Morgan fingerprint density at radius 2 is 2.24 bits per heavy atom. The molecule has 1 N–H and O–H groups in total. The third-order valence-electron chi connectivity index (χ3n) is 2.11. The third-order valence-corrected chi connectivity index (χ3v) is 2.32. The Hall–Kier alpha value is -1.50. The molecule has 1 aromatic rings. The summed E-state index contributed by atoms with van der Waals surface area (Å²) in [5.74, 6) is -0.447. The molecule has 1 aliphatic heterocycles. The second kappa shape index (κ2) is 4.06. The molecule has 0 aromatic carbocycles. The van der Waals surface area contributed by atoms with E-state index in [0.29, 0.717) is 0 Å². The second-order valence-electron chi connectivity index (χ2n) is 3.54. The minimum absolute atomic E-state index is 0.0753. The van der Waals surface area contributed by atoms with E-state index in [4.69, 9.17) is 11.6 Å². The molecular weight excluding hydrogens is 259 g/mol. The molecule has 2 rings (SSSR count). The summed E-state index contributed by atoms with van der Waals surface area (Å²) >= 11 is 5.65. The van der Waals surface area contributed by atoms with Gasteiger partial charge >= 0.3 is 6.18 Å². The maximum atomic E-state index is 12.3. The molecule has 0 spiro atoms. The molecule has 0 atom stereocenters. The van der Waals surface area contributed by atoms with Crippen LogP contribution in [0.1, 0.15) is 0 Å². The number of pyridine rings is 1. The molecule has 4 nitrogen and oxygen atoms in total. The number of nitrogens with one attached hydrogen (secondary N) is 1. The fourth-order valence-corrected chi connectivity index (χ4v) is 1.72. The Balaban J connectivity index is 2.34. The minimum atomic E-state index is -4.39. The topological polar surface area (TPSA) is 45.2 Å². The number of aromatic nitrogens is 1. The summed E-state index contributed by atoms with van der Waals surface area (Å²) in [7, 11) is 0. The van der Waals surface area contributed by atoms with Crippen LogP contribution in [0.3, 0.4) is 0 Å². The quantitative estimate of drug-likeness (QED) is 0.845. The summed E-state index contributed by atoms with van der Waals surface area (Å²) in [6.07, 6.45) is -3.16. The summed E-state index contributed by atoms with van der Waals surface area (Å²) in [6.45, 7) is -1.59. The molecule has 1 amide bonds.